The van der Waals surface area contributed by atoms with Crippen molar-refractivity contribution in [2.45, 2.75) is 37.8 Å². The van der Waals surface area contributed by atoms with Gasteiger partial charge in [0.1, 0.15) is 23.6 Å². The van der Waals surface area contributed by atoms with Crippen LogP contribution in [0.4, 0.5) is 4.79 Å². The van der Waals surface area contributed by atoms with Gasteiger partial charge >= 0.3 is 6.03 Å². The maximum absolute atomic E-state index is 12.6. The van der Waals surface area contributed by atoms with Crippen molar-refractivity contribution in [3.8, 4) is 11.3 Å². The zero-order valence-corrected chi connectivity index (χ0v) is 16.8. The molecule has 1 aliphatic carbocycles. The predicted octanol–water partition coefficient (Wildman–Crippen LogP) is 3.19. The second-order valence-electron chi connectivity index (χ2n) is 7.16. The Morgan fingerprint density at radius 1 is 1.14 bits per heavy atom. The molecule has 1 aromatic carbocycles. The number of halogens is 1. The number of urea groups is 1. The highest BCUT2D eigenvalue weighted by atomic mass is 79.9. The fourth-order valence-corrected chi connectivity index (χ4v) is 4.03. The molecule has 0 radical (unpaired) electrons. The summed E-state index contributed by atoms with van der Waals surface area (Å²) in [5, 5.41) is 5.48. The summed E-state index contributed by atoms with van der Waals surface area (Å²) in [4.78, 5) is 38.0. The maximum Gasteiger partial charge on any atom is 0.325 e. The highest BCUT2D eigenvalue weighted by Gasteiger charge is 2.52. The van der Waals surface area contributed by atoms with Crippen LogP contribution >= 0.6 is 15.9 Å². The molecule has 0 unspecified atom stereocenters. The number of imide groups is 1. The molecule has 1 aromatic heterocycles. The monoisotopic (exact) mass is 445 g/mol. The van der Waals surface area contributed by atoms with Crippen LogP contribution in [0.15, 0.2) is 45.3 Å². The van der Waals surface area contributed by atoms with Crippen molar-refractivity contribution in [2.24, 2.45) is 0 Å². The molecule has 146 valence electrons. The van der Waals surface area contributed by atoms with Crippen LogP contribution in [0.1, 0.15) is 31.4 Å². The fraction of sp³-hybridized carbons (Fsp3) is 0.350. The second-order valence-corrected chi connectivity index (χ2v) is 8.08. The molecule has 8 heteroatoms. The van der Waals surface area contributed by atoms with Gasteiger partial charge in [-0.3, -0.25) is 14.5 Å². The molecule has 4 rings (SSSR count). The Bertz CT molecular complexity index is 916. The summed E-state index contributed by atoms with van der Waals surface area (Å²) in [6.45, 7) is -0.100. The van der Waals surface area contributed by atoms with Gasteiger partial charge < -0.3 is 15.1 Å². The zero-order valence-electron chi connectivity index (χ0n) is 15.2. The number of hydrogen-bond acceptors (Lipinski definition) is 4. The minimum Gasteiger partial charge on any atom is -0.459 e. The third-order valence-corrected chi connectivity index (χ3v) is 5.78. The van der Waals surface area contributed by atoms with E-state index in [0.29, 0.717) is 24.4 Å². The van der Waals surface area contributed by atoms with E-state index >= 15 is 0 Å². The number of benzene rings is 1. The molecule has 1 aliphatic heterocycles. The molecule has 2 fully saturated rings. The van der Waals surface area contributed by atoms with Crippen LogP contribution in [0, 0.1) is 0 Å². The fourth-order valence-electron chi connectivity index (χ4n) is 3.76. The number of furan rings is 1. The van der Waals surface area contributed by atoms with E-state index in [1.165, 1.54) is 0 Å². The normalized spacial score (nSPS) is 18.0. The molecule has 28 heavy (non-hydrogen) atoms. The van der Waals surface area contributed by atoms with Crippen molar-refractivity contribution < 1.29 is 18.8 Å². The minimum absolute atomic E-state index is 0.185. The van der Waals surface area contributed by atoms with Crippen molar-refractivity contribution in [1.29, 1.82) is 0 Å². The minimum atomic E-state index is -0.794. The van der Waals surface area contributed by atoms with Crippen LogP contribution in [0.2, 0.25) is 0 Å². The molecule has 1 saturated heterocycles. The lowest BCUT2D eigenvalue weighted by Crippen LogP contribution is -2.45. The van der Waals surface area contributed by atoms with Gasteiger partial charge in [-0.2, -0.15) is 0 Å². The third-order valence-electron chi connectivity index (χ3n) is 5.25. The maximum atomic E-state index is 12.6. The van der Waals surface area contributed by atoms with E-state index in [1.54, 1.807) is 6.07 Å². The van der Waals surface area contributed by atoms with E-state index < -0.39 is 17.5 Å². The standard InChI is InChI=1S/C20H20BrN3O4/c21-14-5-3-13(4-6-14)16-8-7-15(28-16)11-22-17(25)12-24-18(26)20(23-19(24)27)9-1-2-10-20/h3-8H,1-2,9-12H2,(H,22,25)(H,23,27). The van der Waals surface area contributed by atoms with Gasteiger partial charge in [-0.15, -0.1) is 0 Å². The lowest BCUT2D eigenvalue weighted by atomic mass is 9.98. The molecule has 0 atom stereocenters. The molecule has 4 amide bonds. The second kappa shape index (κ2) is 7.43. The van der Waals surface area contributed by atoms with E-state index in [4.69, 9.17) is 4.42 Å². The summed E-state index contributed by atoms with van der Waals surface area (Å²) < 4.78 is 6.74. The first-order valence-corrected chi connectivity index (χ1v) is 10.0. The van der Waals surface area contributed by atoms with Crippen molar-refractivity contribution >= 4 is 33.8 Å². The molecule has 0 bridgehead atoms. The van der Waals surface area contributed by atoms with Crippen molar-refractivity contribution in [2.75, 3.05) is 6.54 Å². The Kier molecular flexibility index (Phi) is 4.97. The van der Waals surface area contributed by atoms with Crippen molar-refractivity contribution in [3.05, 3.63) is 46.6 Å². The first kappa shape index (κ1) is 18.7. The molecule has 1 spiro atoms. The average Bonchev–Trinajstić information content (AvgIpc) is 3.39. The summed E-state index contributed by atoms with van der Waals surface area (Å²) in [7, 11) is 0. The SMILES string of the molecule is O=C(CN1C(=O)NC2(CCCC2)C1=O)NCc1ccc(-c2ccc(Br)cc2)o1. The third kappa shape index (κ3) is 3.56. The Morgan fingerprint density at radius 3 is 2.57 bits per heavy atom. The molecule has 2 aliphatic rings. The lowest BCUT2D eigenvalue weighted by molar-refractivity contribution is -0.134. The number of nitrogens with one attached hydrogen (secondary N) is 2. The Balaban J connectivity index is 1.33. The molecular weight excluding hydrogens is 426 g/mol. The van der Waals surface area contributed by atoms with E-state index in [2.05, 4.69) is 26.6 Å². The predicted molar refractivity (Wildman–Crippen MR) is 105 cm³/mol. The van der Waals surface area contributed by atoms with Crippen molar-refractivity contribution in [1.82, 2.24) is 15.5 Å². The van der Waals surface area contributed by atoms with Gasteiger partial charge in [0.15, 0.2) is 0 Å². The Hall–Kier alpha value is -2.61. The smallest absolute Gasteiger partial charge is 0.325 e. The first-order chi connectivity index (χ1) is 13.5. The summed E-state index contributed by atoms with van der Waals surface area (Å²) >= 11 is 3.39. The van der Waals surface area contributed by atoms with Crippen LogP contribution in [-0.2, 0) is 16.1 Å². The average molecular weight is 446 g/mol. The van der Waals surface area contributed by atoms with Crippen LogP contribution in [0.25, 0.3) is 11.3 Å². The molecule has 2 aromatic rings. The number of rotatable bonds is 5. The topological polar surface area (TPSA) is 91.7 Å². The van der Waals surface area contributed by atoms with E-state index in [9.17, 15) is 14.4 Å². The lowest BCUT2D eigenvalue weighted by Gasteiger charge is -2.19. The molecule has 2 heterocycles. The summed E-state index contributed by atoms with van der Waals surface area (Å²) in [6.07, 6.45) is 3.10. The number of amides is 4. The van der Waals surface area contributed by atoms with Gasteiger partial charge in [0, 0.05) is 10.0 Å². The van der Waals surface area contributed by atoms with Crippen LogP contribution in [0.3, 0.4) is 0 Å². The van der Waals surface area contributed by atoms with Crippen LogP contribution in [0.5, 0.6) is 0 Å². The van der Waals surface area contributed by atoms with Crippen molar-refractivity contribution in [3.63, 3.8) is 0 Å². The van der Waals surface area contributed by atoms with Crippen LogP contribution < -0.4 is 10.6 Å². The zero-order chi connectivity index (χ0) is 19.7. The quantitative estimate of drug-likeness (QED) is 0.691. The summed E-state index contributed by atoms with van der Waals surface area (Å²) in [6, 6.07) is 10.9. The van der Waals surface area contributed by atoms with Gasteiger partial charge in [-0.05, 0) is 37.1 Å². The highest BCUT2D eigenvalue weighted by Crippen LogP contribution is 2.34. The molecule has 7 nitrogen and oxygen atoms in total. The van der Waals surface area contributed by atoms with Gasteiger partial charge in [0.2, 0.25) is 5.91 Å². The van der Waals surface area contributed by atoms with E-state index in [0.717, 1.165) is 27.8 Å². The highest BCUT2D eigenvalue weighted by molar-refractivity contribution is 9.10. The first-order valence-electron chi connectivity index (χ1n) is 9.22. The van der Waals surface area contributed by atoms with Crippen LogP contribution in [-0.4, -0.2) is 34.8 Å². The number of hydrogen-bond donors (Lipinski definition) is 2. The number of nitrogens with zero attached hydrogens (tertiary/aromatic N) is 1. The van der Waals surface area contributed by atoms with E-state index in [1.807, 2.05) is 30.3 Å². The Morgan fingerprint density at radius 2 is 1.86 bits per heavy atom. The van der Waals surface area contributed by atoms with Gasteiger partial charge in [-0.25, -0.2) is 4.79 Å². The molecular formula is C20H20BrN3O4. The van der Waals surface area contributed by atoms with Gasteiger partial charge in [0.25, 0.3) is 5.91 Å². The van der Waals surface area contributed by atoms with Gasteiger partial charge in [-0.1, -0.05) is 40.9 Å². The van der Waals surface area contributed by atoms with Gasteiger partial charge in [0.05, 0.1) is 6.54 Å². The summed E-state index contributed by atoms with van der Waals surface area (Å²) in [5.74, 6) is 0.602. The largest absolute Gasteiger partial charge is 0.459 e. The molecule has 2 N–H and O–H groups in total. The molecule has 1 saturated carbocycles. The number of carbonyl (C=O) groups excluding carboxylic acids is 3. The number of carbonyl (C=O) groups is 3. The van der Waals surface area contributed by atoms with E-state index in [-0.39, 0.29) is 19.0 Å². The Labute approximate surface area is 170 Å². The summed E-state index contributed by atoms with van der Waals surface area (Å²) in [5.41, 5.74) is 0.139.